The summed E-state index contributed by atoms with van der Waals surface area (Å²) in [5, 5.41) is 3.18. The predicted octanol–water partition coefficient (Wildman–Crippen LogP) is 3.49. The zero-order valence-electron chi connectivity index (χ0n) is 12.6. The molecule has 0 bridgehead atoms. The summed E-state index contributed by atoms with van der Waals surface area (Å²) in [7, 11) is 5.73. The zero-order valence-corrected chi connectivity index (χ0v) is 12.6. The Morgan fingerprint density at radius 2 is 1.95 bits per heavy atom. The quantitative estimate of drug-likeness (QED) is 0.900. The van der Waals surface area contributed by atoms with E-state index in [2.05, 4.69) is 48.5 Å². The molecule has 0 saturated heterocycles. The summed E-state index contributed by atoms with van der Waals surface area (Å²) in [6, 6.07) is 14.7. The Kier molecular flexibility index (Phi) is 4.64. The van der Waals surface area contributed by atoms with Crippen LogP contribution in [0.25, 0.3) is 0 Å². The fraction of sp³-hybridized carbons (Fsp3) is 0.294. The molecule has 0 amide bonds. The number of benzene rings is 2. The van der Waals surface area contributed by atoms with E-state index in [0.717, 1.165) is 18.0 Å². The van der Waals surface area contributed by atoms with Crippen LogP contribution in [0.2, 0.25) is 0 Å². The second-order valence-corrected chi connectivity index (χ2v) is 4.91. The molecule has 0 radical (unpaired) electrons. The molecule has 3 nitrogen and oxygen atoms in total. The van der Waals surface area contributed by atoms with Crippen LogP contribution < -0.4 is 15.0 Å². The first-order chi connectivity index (χ1) is 9.65. The lowest BCUT2D eigenvalue weighted by atomic mass is 10.1. The average Bonchev–Trinajstić information content (AvgIpc) is 2.47. The number of hydrogen-bond acceptors (Lipinski definition) is 3. The maximum atomic E-state index is 5.29. The lowest BCUT2D eigenvalue weighted by Gasteiger charge is -2.22. The van der Waals surface area contributed by atoms with Crippen LogP contribution in [0, 0.1) is 6.92 Å². The fourth-order valence-corrected chi connectivity index (χ4v) is 2.37. The van der Waals surface area contributed by atoms with Crippen molar-refractivity contribution in [2.24, 2.45) is 0 Å². The Labute approximate surface area is 121 Å². The van der Waals surface area contributed by atoms with Crippen LogP contribution in [0.15, 0.2) is 42.5 Å². The highest BCUT2D eigenvalue weighted by molar-refractivity contribution is 5.67. The molecule has 0 spiro atoms. The largest absolute Gasteiger partial charge is 0.497 e. The number of hydrogen-bond donors (Lipinski definition) is 1. The first-order valence-corrected chi connectivity index (χ1v) is 6.77. The summed E-state index contributed by atoms with van der Waals surface area (Å²) < 4.78 is 5.29. The molecule has 0 heterocycles. The number of nitrogens with zero attached hydrogens (tertiary/aromatic N) is 1. The lowest BCUT2D eigenvalue weighted by Crippen LogP contribution is -2.12. The minimum Gasteiger partial charge on any atom is -0.497 e. The maximum Gasteiger partial charge on any atom is 0.120 e. The monoisotopic (exact) mass is 270 g/mol. The first-order valence-electron chi connectivity index (χ1n) is 6.77. The van der Waals surface area contributed by atoms with Gasteiger partial charge < -0.3 is 15.0 Å². The van der Waals surface area contributed by atoms with E-state index < -0.39 is 0 Å². The number of rotatable bonds is 5. The molecule has 1 N–H and O–H groups in total. The number of methoxy groups -OCH3 is 1. The van der Waals surface area contributed by atoms with Crippen molar-refractivity contribution in [1.82, 2.24) is 5.32 Å². The van der Waals surface area contributed by atoms with Gasteiger partial charge in [-0.1, -0.05) is 18.2 Å². The second-order valence-electron chi connectivity index (χ2n) is 4.91. The van der Waals surface area contributed by atoms with Crippen LogP contribution in [0.1, 0.15) is 11.1 Å². The van der Waals surface area contributed by atoms with Gasteiger partial charge in [0.05, 0.1) is 7.11 Å². The van der Waals surface area contributed by atoms with Crippen molar-refractivity contribution >= 4 is 11.4 Å². The van der Waals surface area contributed by atoms with Gasteiger partial charge >= 0.3 is 0 Å². The van der Waals surface area contributed by atoms with Gasteiger partial charge in [0.2, 0.25) is 0 Å². The van der Waals surface area contributed by atoms with Crippen molar-refractivity contribution in [2.45, 2.75) is 13.5 Å². The highest BCUT2D eigenvalue weighted by Crippen LogP contribution is 2.29. The minimum atomic E-state index is 0.874. The Morgan fingerprint density at radius 3 is 2.60 bits per heavy atom. The normalized spacial score (nSPS) is 10.4. The van der Waals surface area contributed by atoms with Crippen LogP contribution in [0.4, 0.5) is 11.4 Å². The van der Waals surface area contributed by atoms with Crippen molar-refractivity contribution < 1.29 is 4.74 Å². The Bertz CT molecular complexity index is 581. The summed E-state index contributed by atoms with van der Waals surface area (Å²) in [4.78, 5) is 2.18. The fourth-order valence-electron chi connectivity index (χ4n) is 2.37. The molecule has 0 atom stereocenters. The van der Waals surface area contributed by atoms with Crippen molar-refractivity contribution in [3.63, 3.8) is 0 Å². The third-order valence-corrected chi connectivity index (χ3v) is 3.44. The summed E-state index contributed by atoms with van der Waals surface area (Å²) in [6.07, 6.45) is 0. The minimum absolute atomic E-state index is 0.874. The average molecular weight is 270 g/mol. The highest BCUT2D eigenvalue weighted by atomic mass is 16.5. The third-order valence-electron chi connectivity index (χ3n) is 3.44. The van der Waals surface area contributed by atoms with E-state index in [9.17, 15) is 0 Å². The Hall–Kier alpha value is -2.00. The number of ether oxygens (including phenoxy) is 1. The molecule has 0 aliphatic carbocycles. The SMILES string of the molecule is CNCc1ccc(N(C)c2cccc(OC)c2)c(C)c1. The molecule has 0 aliphatic heterocycles. The number of aryl methyl sites for hydroxylation is 1. The van der Waals surface area contributed by atoms with E-state index >= 15 is 0 Å². The molecule has 0 aromatic heterocycles. The summed E-state index contributed by atoms with van der Waals surface area (Å²) >= 11 is 0. The molecule has 2 aromatic carbocycles. The van der Waals surface area contributed by atoms with Crippen molar-refractivity contribution in [2.75, 3.05) is 26.1 Å². The zero-order chi connectivity index (χ0) is 14.5. The molecule has 0 unspecified atom stereocenters. The predicted molar refractivity (Wildman–Crippen MR) is 85.0 cm³/mol. The van der Waals surface area contributed by atoms with Crippen LogP contribution in [0.3, 0.4) is 0 Å². The van der Waals surface area contributed by atoms with Crippen molar-refractivity contribution in [3.05, 3.63) is 53.6 Å². The first kappa shape index (κ1) is 14.4. The van der Waals surface area contributed by atoms with Gasteiger partial charge in [0, 0.05) is 31.0 Å². The van der Waals surface area contributed by atoms with Crippen LogP contribution in [-0.4, -0.2) is 21.2 Å². The smallest absolute Gasteiger partial charge is 0.120 e. The van der Waals surface area contributed by atoms with Gasteiger partial charge in [-0.15, -0.1) is 0 Å². The summed E-state index contributed by atoms with van der Waals surface area (Å²) in [5.74, 6) is 0.874. The van der Waals surface area contributed by atoms with Crippen LogP contribution >= 0.6 is 0 Å². The summed E-state index contributed by atoms with van der Waals surface area (Å²) in [5.41, 5.74) is 4.89. The molecule has 2 rings (SSSR count). The molecule has 0 saturated carbocycles. The molecule has 106 valence electrons. The van der Waals surface area contributed by atoms with Crippen molar-refractivity contribution in [1.29, 1.82) is 0 Å². The van der Waals surface area contributed by atoms with E-state index in [-0.39, 0.29) is 0 Å². The van der Waals surface area contributed by atoms with Gasteiger partial charge in [-0.3, -0.25) is 0 Å². The number of anilines is 2. The Morgan fingerprint density at radius 1 is 1.15 bits per heavy atom. The van der Waals surface area contributed by atoms with E-state index in [0.29, 0.717) is 0 Å². The van der Waals surface area contributed by atoms with E-state index in [1.807, 2.05) is 25.2 Å². The molecular formula is C17H22N2O. The standard InChI is InChI=1S/C17H22N2O/c1-13-10-14(12-18-2)8-9-17(13)19(3)15-6-5-7-16(11-15)20-4/h5-11,18H,12H2,1-4H3. The maximum absolute atomic E-state index is 5.29. The third kappa shape index (κ3) is 3.11. The molecule has 0 aliphatic rings. The lowest BCUT2D eigenvalue weighted by molar-refractivity contribution is 0.415. The van der Waals surface area contributed by atoms with E-state index in [4.69, 9.17) is 4.74 Å². The van der Waals surface area contributed by atoms with E-state index in [1.54, 1.807) is 7.11 Å². The highest BCUT2D eigenvalue weighted by Gasteiger charge is 2.08. The molecule has 2 aromatic rings. The van der Waals surface area contributed by atoms with Gasteiger partial charge in [-0.05, 0) is 43.3 Å². The van der Waals surface area contributed by atoms with Crippen molar-refractivity contribution in [3.8, 4) is 5.75 Å². The molecule has 0 fully saturated rings. The van der Waals surface area contributed by atoms with Gasteiger partial charge in [0.1, 0.15) is 5.75 Å². The Balaban J connectivity index is 2.30. The molecular weight excluding hydrogens is 248 g/mol. The summed E-state index contributed by atoms with van der Waals surface area (Å²) in [6.45, 7) is 3.04. The molecule has 3 heteroatoms. The van der Waals surface area contributed by atoms with Crippen LogP contribution in [-0.2, 0) is 6.54 Å². The topological polar surface area (TPSA) is 24.5 Å². The van der Waals surface area contributed by atoms with E-state index in [1.165, 1.54) is 16.8 Å². The van der Waals surface area contributed by atoms with Gasteiger partial charge in [0.15, 0.2) is 0 Å². The van der Waals surface area contributed by atoms with Gasteiger partial charge in [-0.25, -0.2) is 0 Å². The van der Waals surface area contributed by atoms with Crippen LogP contribution in [0.5, 0.6) is 5.75 Å². The number of nitrogens with one attached hydrogen (secondary N) is 1. The second kappa shape index (κ2) is 6.44. The van der Waals surface area contributed by atoms with Gasteiger partial charge in [0.25, 0.3) is 0 Å². The van der Waals surface area contributed by atoms with Gasteiger partial charge in [-0.2, -0.15) is 0 Å². The molecule has 20 heavy (non-hydrogen) atoms.